The first-order chi connectivity index (χ1) is 12.1. The van der Waals surface area contributed by atoms with Crippen molar-refractivity contribution in [3.05, 3.63) is 64.5 Å². The lowest BCUT2D eigenvalue weighted by atomic mass is 9.88. The molecule has 132 valence electrons. The highest BCUT2D eigenvalue weighted by Crippen LogP contribution is 2.26. The molecule has 0 aromatic heterocycles. The molecule has 2 aromatic rings. The van der Waals surface area contributed by atoms with Crippen molar-refractivity contribution < 1.29 is 13.9 Å². The van der Waals surface area contributed by atoms with Crippen LogP contribution in [0.4, 0.5) is 4.39 Å². The predicted molar refractivity (Wildman–Crippen MR) is 96.5 cm³/mol. The summed E-state index contributed by atoms with van der Waals surface area (Å²) in [5.74, 6) is -0.665. The number of halogens is 1. The zero-order valence-electron chi connectivity index (χ0n) is 14.8. The van der Waals surface area contributed by atoms with Crippen molar-refractivity contribution in [1.29, 1.82) is 0 Å². The number of carbonyl (C=O) groups excluding carboxylic acids is 1. The van der Waals surface area contributed by atoms with Crippen LogP contribution in [0.15, 0.2) is 36.4 Å². The van der Waals surface area contributed by atoms with Gasteiger partial charge in [0.15, 0.2) is 11.6 Å². The minimum absolute atomic E-state index is 0.0788. The van der Waals surface area contributed by atoms with Gasteiger partial charge in [-0.3, -0.25) is 4.79 Å². The van der Waals surface area contributed by atoms with Crippen molar-refractivity contribution in [2.45, 2.75) is 45.1 Å². The van der Waals surface area contributed by atoms with E-state index in [-0.39, 0.29) is 17.7 Å². The summed E-state index contributed by atoms with van der Waals surface area (Å²) in [7, 11) is 1.40. The summed E-state index contributed by atoms with van der Waals surface area (Å²) in [4.78, 5) is 12.5. The van der Waals surface area contributed by atoms with Gasteiger partial charge in [0.25, 0.3) is 5.91 Å². The molecular weight excluding hydrogens is 317 g/mol. The summed E-state index contributed by atoms with van der Waals surface area (Å²) in [5.41, 5.74) is 4.24. The Labute approximate surface area is 148 Å². The largest absolute Gasteiger partial charge is 0.494 e. The van der Waals surface area contributed by atoms with Gasteiger partial charge in [-0.15, -0.1) is 0 Å². The number of aryl methyl sites for hydroxylation is 2. The summed E-state index contributed by atoms with van der Waals surface area (Å²) in [5, 5.41) is 3.02. The van der Waals surface area contributed by atoms with Gasteiger partial charge >= 0.3 is 0 Å². The highest BCUT2D eigenvalue weighted by atomic mass is 19.1. The van der Waals surface area contributed by atoms with E-state index < -0.39 is 5.82 Å². The Morgan fingerprint density at radius 1 is 1.16 bits per heavy atom. The van der Waals surface area contributed by atoms with Gasteiger partial charge in [-0.2, -0.15) is 0 Å². The molecule has 1 N–H and O–H groups in total. The molecule has 1 unspecified atom stereocenters. The first kappa shape index (κ1) is 17.5. The molecule has 0 spiro atoms. The van der Waals surface area contributed by atoms with E-state index in [0.29, 0.717) is 5.56 Å². The van der Waals surface area contributed by atoms with E-state index in [2.05, 4.69) is 23.5 Å². The Morgan fingerprint density at radius 2 is 1.92 bits per heavy atom. The highest BCUT2D eigenvalue weighted by molar-refractivity contribution is 5.94. The van der Waals surface area contributed by atoms with Crippen molar-refractivity contribution in [3.63, 3.8) is 0 Å². The third-order valence-corrected chi connectivity index (χ3v) is 4.90. The Hall–Kier alpha value is -2.36. The van der Waals surface area contributed by atoms with Gasteiger partial charge in [-0.1, -0.05) is 25.1 Å². The summed E-state index contributed by atoms with van der Waals surface area (Å²) in [6.45, 7) is 2.04. The quantitative estimate of drug-likeness (QED) is 0.863. The van der Waals surface area contributed by atoms with Gasteiger partial charge in [-0.25, -0.2) is 4.39 Å². The number of fused-ring (bicyclic) bond motifs is 1. The standard InChI is InChI=1S/C21H24FNO2/c1-3-19(16-9-8-14-6-4-5-7-15(14)12-16)23-21(24)17-10-11-20(25-2)18(22)13-17/h8-13,19H,3-7H2,1-2H3,(H,23,24). The summed E-state index contributed by atoms with van der Waals surface area (Å²) < 4.78 is 18.7. The van der Waals surface area contributed by atoms with E-state index in [4.69, 9.17) is 4.74 Å². The van der Waals surface area contributed by atoms with Crippen LogP contribution in [0, 0.1) is 5.82 Å². The number of methoxy groups -OCH3 is 1. The second-order valence-electron chi connectivity index (χ2n) is 6.52. The topological polar surface area (TPSA) is 38.3 Å². The van der Waals surface area contributed by atoms with E-state index >= 15 is 0 Å². The van der Waals surface area contributed by atoms with Crippen molar-refractivity contribution in [2.75, 3.05) is 7.11 Å². The van der Waals surface area contributed by atoms with E-state index in [9.17, 15) is 9.18 Å². The molecule has 0 saturated heterocycles. The number of rotatable bonds is 5. The molecule has 4 heteroatoms. The average molecular weight is 341 g/mol. The van der Waals surface area contributed by atoms with Gasteiger partial charge in [0, 0.05) is 5.56 Å². The molecule has 2 aromatic carbocycles. The first-order valence-electron chi connectivity index (χ1n) is 8.88. The number of ether oxygens (including phenoxy) is 1. The van der Waals surface area contributed by atoms with Crippen LogP contribution in [0.25, 0.3) is 0 Å². The molecule has 1 amide bonds. The van der Waals surface area contributed by atoms with Gasteiger partial charge in [0.2, 0.25) is 0 Å². The fraction of sp³-hybridized carbons (Fsp3) is 0.381. The average Bonchev–Trinajstić information content (AvgIpc) is 2.65. The maximum atomic E-state index is 13.8. The molecule has 0 heterocycles. The zero-order valence-corrected chi connectivity index (χ0v) is 14.8. The lowest BCUT2D eigenvalue weighted by Crippen LogP contribution is -2.28. The second kappa shape index (κ2) is 7.68. The van der Waals surface area contributed by atoms with Gasteiger partial charge < -0.3 is 10.1 Å². The molecule has 1 atom stereocenters. The molecule has 0 radical (unpaired) electrons. The van der Waals surface area contributed by atoms with E-state index in [0.717, 1.165) is 24.8 Å². The smallest absolute Gasteiger partial charge is 0.251 e. The minimum atomic E-state index is -0.531. The Morgan fingerprint density at radius 3 is 2.60 bits per heavy atom. The number of hydrogen-bond donors (Lipinski definition) is 1. The monoisotopic (exact) mass is 341 g/mol. The summed E-state index contributed by atoms with van der Waals surface area (Å²) >= 11 is 0. The number of carbonyl (C=O) groups is 1. The Bertz CT molecular complexity index is 772. The first-order valence-corrected chi connectivity index (χ1v) is 8.88. The maximum absolute atomic E-state index is 13.8. The van der Waals surface area contributed by atoms with Crippen LogP contribution in [0.5, 0.6) is 5.75 Å². The number of nitrogens with one attached hydrogen (secondary N) is 1. The molecule has 3 nitrogen and oxygen atoms in total. The van der Waals surface area contributed by atoms with Crippen LogP contribution in [-0.4, -0.2) is 13.0 Å². The van der Waals surface area contributed by atoms with Crippen LogP contribution in [-0.2, 0) is 12.8 Å². The van der Waals surface area contributed by atoms with Crippen LogP contribution < -0.4 is 10.1 Å². The van der Waals surface area contributed by atoms with Crippen molar-refractivity contribution in [2.24, 2.45) is 0 Å². The van der Waals surface area contributed by atoms with Crippen LogP contribution in [0.3, 0.4) is 0 Å². The predicted octanol–water partition coefficient (Wildman–Crippen LogP) is 4.59. The normalized spacial score (nSPS) is 14.5. The number of amides is 1. The number of benzene rings is 2. The molecule has 0 fully saturated rings. The van der Waals surface area contributed by atoms with Crippen molar-refractivity contribution in [1.82, 2.24) is 5.32 Å². The van der Waals surface area contributed by atoms with Crippen molar-refractivity contribution in [3.8, 4) is 5.75 Å². The second-order valence-corrected chi connectivity index (χ2v) is 6.52. The SMILES string of the molecule is CCC(NC(=O)c1ccc(OC)c(F)c1)c1ccc2c(c1)CCCC2. The molecule has 3 rings (SSSR count). The molecule has 25 heavy (non-hydrogen) atoms. The van der Waals surface area contributed by atoms with Crippen LogP contribution in [0.1, 0.15) is 59.3 Å². The molecule has 1 aliphatic carbocycles. The zero-order chi connectivity index (χ0) is 17.8. The lowest BCUT2D eigenvalue weighted by Gasteiger charge is -2.22. The third-order valence-electron chi connectivity index (χ3n) is 4.90. The molecule has 0 saturated carbocycles. The van der Waals surface area contributed by atoms with Gasteiger partial charge in [-0.05, 0) is 67.0 Å². The maximum Gasteiger partial charge on any atom is 0.251 e. The van der Waals surface area contributed by atoms with E-state index in [1.54, 1.807) is 6.07 Å². The van der Waals surface area contributed by atoms with Gasteiger partial charge in [0.05, 0.1) is 13.2 Å². The fourth-order valence-corrected chi connectivity index (χ4v) is 3.44. The van der Waals surface area contributed by atoms with E-state index in [1.165, 1.54) is 43.2 Å². The fourth-order valence-electron chi connectivity index (χ4n) is 3.44. The van der Waals surface area contributed by atoms with Crippen LogP contribution in [0.2, 0.25) is 0 Å². The molecule has 0 bridgehead atoms. The Kier molecular flexibility index (Phi) is 5.37. The van der Waals surface area contributed by atoms with Gasteiger partial charge in [0.1, 0.15) is 0 Å². The minimum Gasteiger partial charge on any atom is -0.494 e. The molecule has 0 aliphatic heterocycles. The Balaban J connectivity index is 1.77. The molecular formula is C21H24FNO2. The van der Waals surface area contributed by atoms with E-state index in [1.807, 2.05) is 6.92 Å². The highest BCUT2D eigenvalue weighted by Gasteiger charge is 2.18. The molecule has 1 aliphatic rings. The number of hydrogen-bond acceptors (Lipinski definition) is 2. The summed E-state index contributed by atoms with van der Waals surface area (Å²) in [6.07, 6.45) is 5.51. The third kappa shape index (κ3) is 3.84. The lowest BCUT2D eigenvalue weighted by molar-refractivity contribution is 0.0935. The summed E-state index contributed by atoms with van der Waals surface area (Å²) in [6, 6.07) is 10.7. The van der Waals surface area contributed by atoms with Crippen LogP contribution >= 0.6 is 0 Å². The van der Waals surface area contributed by atoms with Crippen molar-refractivity contribution >= 4 is 5.91 Å².